The molecular formula is C24H26N2O4S. The second-order valence-electron chi connectivity index (χ2n) is 7.38. The minimum Gasteiger partial charge on any atom is -0.484 e. The number of ether oxygens (including phenoxy) is 1. The summed E-state index contributed by atoms with van der Waals surface area (Å²) in [5.41, 5.74) is 3.70. The highest BCUT2D eigenvalue weighted by atomic mass is 32.2. The third-order valence-electron chi connectivity index (χ3n) is 4.79. The van der Waals surface area contributed by atoms with Crippen LogP contribution in [0.1, 0.15) is 29.7 Å². The lowest BCUT2D eigenvalue weighted by molar-refractivity contribution is -0.118. The fourth-order valence-electron chi connectivity index (χ4n) is 3.11. The largest absolute Gasteiger partial charge is 0.484 e. The van der Waals surface area contributed by atoms with Gasteiger partial charge in [0.2, 0.25) is 10.0 Å². The Labute approximate surface area is 183 Å². The number of benzene rings is 3. The van der Waals surface area contributed by atoms with Crippen molar-refractivity contribution in [2.24, 2.45) is 0 Å². The molecule has 0 saturated carbocycles. The highest BCUT2D eigenvalue weighted by Gasteiger charge is 2.18. The van der Waals surface area contributed by atoms with Crippen molar-refractivity contribution >= 4 is 21.6 Å². The number of hydrogen-bond acceptors (Lipinski definition) is 4. The van der Waals surface area contributed by atoms with Crippen molar-refractivity contribution in [1.29, 1.82) is 0 Å². The van der Waals surface area contributed by atoms with Gasteiger partial charge < -0.3 is 10.1 Å². The molecule has 0 aromatic heterocycles. The Bertz CT molecular complexity index is 1140. The maximum absolute atomic E-state index is 12.6. The first-order chi connectivity index (χ1) is 14.7. The highest BCUT2D eigenvalue weighted by Crippen LogP contribution is 2.20. The van der Waals surface area contributed by atoms with E-state index >= 15 is 0 Å². The Kier molecular flexibility index (Phi) is 7.09. The molecule has 0 bridgehead atoms. The van der Waals surface area contributed by atoms with Crippen molar-refractivity contribution < 1.29 is 17.9 Å². The molecular weight excluding hydrogens is 412 g/mol. The second-order valence-corrected chi connectivity index (χ2v) is 9.09. The van der Waals surface area contributed by atoms with Crippen molar-refractivity contribution in [3.8, 4) is 5.75 Å². The first-order valence-corrected chi connectivity index (χ1v) is 11.4. The molecule has 0 heterocycles. The van der Waals surface area contributed by atoms with Gasteiger partial charge in [0, 0.05) is 11.7 Å². The third kappa shape index (κ3) is 6.16. The fourth-order valence-corrected chi connectivity index (χ4v) is 4.35. The van der Waals surface area contributed by atoms with Crippen molar-refractivity contribution in [2.75, 3.05) is 11.9 Å². The highest BCUT2D eigenvalue weighted by molar-refractivity contribution is 7.89. The van der Waals surface area contributed by atoms with E-state index in [1.807, 2.05) is 62.4 Å². The van der Waals surface area contributed by atoms with Crippen molar-refractivity contribution in [1.82, 2.24) is 4.72 Å². The lowest BCUT2D eigenvalue weighted by atomic mass is 10.1. The summed E-state index contributed by atoms with van der Waals surface area (Å²) in [7, 11) is -3.69. The fraction of sp³-hybridized carbons (Fsp3) is 0.208. The van der Waals surface area contributed by atoms with Gasteiger partial charge in [-0.3, -0.25) is 4.79 Å². The van der Waals surface area contributed by atoms with Gasteiger partial charge in [0.25, 0.3) is 5.91 Å². The van der Waals surface area contributed by atoms with Crippen molar-refractivity contribution in [3.05, 3.63) is 89.5 Å². The summed E-state index contributed by atoms with van der Waals surface area (Å²) in [6, 6.07) is 20.7. The summed E-state index contributed by atoms with van der Waals surface area (Å²) in [4.78, 5) is 12.3. The molecule has 7 heteroatoms. The van der Waals surface area contributed by atoms with Gasteiger partial charge in [-0.05, 0) is 62.2 Å². The van der Waals surface area contributed by atoms with Gasteiger partial charge in [-0.25, -0.2) is 13.1 Å². The smallest absolute Gasteiger partial charge is 0.262 e. The van der Waals surface area contributed by atoms with Crippen LogP contribution in [0.4, 0.5) is 5.69 Å². The van der Waals surface area contributed by atoms with E-state index in [4.69, 9.17) is 4.74 Å². The molecule has 3 rings (SSSR count). The zero-order valence-corrected chi connectivity index (χ0v) is 18.6. The van der Waals surface area contributed by atoms with Crippen LogP contribution in [0, 0.1) is 13.8 Å². The molecule has 0 radical (unpaired) electrons. The number of aryl methyl sites for hydroxylation is 2. The monoisotopic (exact) mass is 438 g/mol. The van der Waals surface area contributed by atoms with Gasteiger partial charge in [-0.15, -0.1) is 0 Å². The standard InChI is InChI=1S/C24H26N2O4S/c1-17-9-14-23(18(2)15-17)25-24(27)16-30-21-10-12-22(13-11-21)31(28,29)26-19(3)20-7-5-4-6-8-20/h4-15,19,26H,16H2,1-3H3,(H,25,27)/t19-/m1/s1. The molecule has 0 saturated heterocycles. The number of anilines is 1. The van der Waals surface area contributed by atoms with Crippen LogP contribution in [-0.4, -0.2) is 20.9 Å². The Morgan fingerprint density at radius 1 is 0.968 bits per heavy atom. The van der Waals surface area contributed by atoms with E-state index in [0.717, 1.165) is 22.4 Å². The number of hydrogen-bond donors (Lipinski definition) is 2. The SMILES string of the molecule is Cc1ccc(NC(=O)COc2ccc(S(=O)(=O)N[C@H](C)c3ccccc3)cc2)c(C)c1. The number of carbonyl (C=O) groups is 1. The lowest BCUT2D eigenvalue weighted by Crippen LogP contribution is -2.26. The molecule has 3 aromatic rings. The predicted octanol–water partition coefficient (Wildman–Crippen LogP) is 4.36. The average Bonchev–Trinajstić information content (AvgIpc) is 2.75. The van der Waals surface area contributed by atoms with E-state index in [1.165, 1.54) is 24.3 Å². The molecule has 6 nitrogen and oxygen atoms in total. The van der Waals surface area contributed by atoms with Crippen LogP contribution >= 0.6 is 0 Å². The molecule has 0 spiro atoms. The minimum atomic E-state index is -3.69. The first kappa shape index (κ1) is 22.5. The summed E-state index contributed by atoms with van der Waals surface area (Å²) < 4.78 is 33.4. The van der Waals surface area contributed by atoms with Gasteiger partial charge in [-0.2, -0.15) is 0 Å². The van der Waals surface area contributed by atoms with Gasteiger partial charge in [0.15, 0.2) is 6.61 Å². The van der Waals surface area contributed by atoms with E-state index in [1.54, 1.807) is 6.92 Å². The molecule has 2 N–H and O–H groups in total. The van der Waals surface area contributed by atoms with E-state index in [9.17, 15) is 13.2 Å². The van der Waals surface area contributed by atoms with Crippen LogP contribution in [0.3, 0.4) is 0 Å². The maximum Gasteiger partial charge on any atom is 0.262 e. The normalized spacial score (nSPS) is 12.2. The molecule has 1 atom stereocenters. The minimum absolute atomic E-state index is 0.127. The van der Waals surface area contributed by atoms with Gasteiger partial charge in [0.05, 0.1) is 4.90 Å². The topological polar surface area (TPSA) is 84.5 Å². The van der Waals surface area contributed by atoms with Crippen LogP contribution in [0.15, 0.2) is 77.7 Å². The number of carbonyl (C=O) groups excluding carboxylic acids is 1. The number of sulfonamides is 1. The van der Waals surface area contributed by atoms with Crippen LogP contribution in [0.5, 0.6) is 5.75 Å². The van der Waals surface area contributed by atoms with E-state index in [0.29, 0.717) is 5.75 Å². The molecule has 0 aliphatic rings. The van der Waals surface area contributed by atoms with Gasteiger partial charge in [-0.1, -0.05) is 48.0 Å². The molecule has 31 heavy (non-hydrogen) atoms. The zero-order chi connectivity index (χ0) is 22.4. The summed E-state index contributed by atoms with van der Waals surface area (Å²) in [5.74, 6) is 0.118. The quantitative estimate of drug-likeness (QED) is 0.547. The summed E-state index contributed by atoms with van der Waals surface area (Å²) >= 11 is 0. The average molecular weight is 439 g/mol. The Balaban J connectivity index is 1.57. The molecule has 0 fully saturated rings. The molecule has 0 aliphatic heterocycles. The Hall–Kier alpha value is -3.16. The summed E-state index contributed by atoms with van der Waals surface area (Å²) in [6.45, 7) is 5.53. The maximum atomic E-state index is 12.6. The van der Waals surface area contributed by atoms with Gasteiger partial charge in [0.1, 0.15) is 5.75 Å². The van der Waals surface area contributed by atoms with E-state index in [2.05, 4.69) is 10.0 Å². The van der Waals surface area contributed by atoms with E-state index < -0.39 is 10.0 Å². The molecule has 0 aliphatic carbocycles. The Morgan fingerprint density at radius 2 is 1.65 bits per heavy atom. The van der Waals surface area contributed by atoms with E-state index in [-0.39, 0.29) is 23.5 Å². The van der Waals surface area contributed by atoms with Gasteiger partial charge >= 0.3 is 0 Å². The van der Waals surface area contributed by atoms with Crippen molar-refractivity contribution in [3.63, 3.8) is 0 Å². The molecule has 1 amide bonds. The third-order valence-corrected chi connectivity index (χ3v) is 6.35. The second kappa shape index (κ2) is 9.76. The first-order valence-electron chi connectivity index (χ1n) is 9.92. The van der Waals surface area contributed by atoms with Crippen LogP contribution < -0.4 is 14.8 Å². The summed E-state index contributed by atoms with van der Waals surface area (Å²) in [5, 5.41) is 2.81. The van der Waals surface area contributed by atoms with Crippen LogP contribution in [-0.2, 0) is 14.8 Å². The molecule has 0 unspecified atom stereocenters. The number of nitrogens with one attached hydrogen (secondary N) is 2. The molecule has 3 aromatic carbocycles. The van der Waals surface area contributed by atoms with Crippen LogP contribution in [0.25, 0.3) is 0 Å². The predicted molar refractivity (Wildman–Crippen MR) is 122 cm³/mol. The Morgan fingerprint density at radius 3 is 2.29 bits per heavy atom. The lowest BCUT2D eigenvalue weighted by Gasteiger charge is -2.15. The summed E-state index contributed by atoms with van der Waals surface area (Å²) in [6.07, 6.45) is 0. The zero-order valence-electron chi connectivity index (χ0n) is 17.8. The molecule has 162 valence electrons. The van der Waals surface area contributed by atoms with Crippen LogP contribution in [0.2, 0.25) is 0 Å². The van der Waals surface area contributed by atoms with Crippen molar-refractivity contribution in [2.45, 2.75) is 31.7 Å². The number of amides is 1. The number of rotatable bonds is 8.